The molecule has 0 N–H and O–H groups in total. The molecular weight excluding hydrogens is 198 g/mol. The first-order chi connectivity index (χ1) is 6.56. The van der Waals surface area contributed by atoms with Gasteiger partial charge in [0.15, 0.2) is 0 Å². The van der Waals surface area contributed by atoms with E-state index in [0.29, 0.717) is 5.76 Å². The summed E-state index contributed by atoms with van der Waals surface area (Å²) in [7, 11) is 0. The summed E-state index contributed by atoms with van der Waals surface area (Å²) in [6, 6.07) is 3.55. The van der Waals surface area contributed by atoms with Crippen LogP contribution in [-0.2, 0) is 11.4 Å². The third-order valence-corrected chi connectivity index (χ3v) is 3.67. The van der Waals surface area contributed by atoms with Gasteiger partial charge in [-0.1, -0.05) is 11.3 Å². The lowest BCUT2D eigenvalue weighted by Crippen LogP contribution is -2.29. The zero-order valence-electron chi connectivity index (χ0n) is 8.69. The molecule has 0 aliphatic rings. The number of hydrogen-bond donors (Lipinski definition) is 0. The molecule has 0 bridgehead atoms. The van der Waals surface area contributed by atoms with Gasteiger partial charge in [0.25, 0.3) is 0 Å². The maximum absolute atomic E-state index is 11.7. The van der Waals surface area contributed by atoms with E-state index in [-0.39, 0.29) is 4.75 Å². The molecule has 3 nitrogen and oxygen atoms in total. The van der Waals surface area contributed by atoms with Crippen LogP contribution in [0.4, 0.5) is 0 Å². The lowest BCUT2D eigenvalue weighted by molar-refractivity contribution is 0.539. The average Bonchev–Trinajstić information content (AvgIpc) is 2.66. The highest BCUT2D eigenvalue weighted by atomic mass is 32.2. The first-order valence-corrected chi connectivity index (χ1v) is 5.66. The Morgan fingerprint density at radius 3 is 2.86 bits per heavy atom. The summed E-state index contributed by atoms with van der Waals surface area (Å²) in [5.74, 6) is 0.630. The van der Waals surface area contributed by atoms with Crippen molar-refractivity contribution in [1.82, 2.24) is 0 Å². The molecule has 0 amide bonds. The molecule has 0 spiro atoms. The molecule has 4 heteroatoms. The van der Waals surface area contributed by atoms with Crippen molar-refractivity contribution in [2.75, 3.05) is 0 Å². The lowest BCUT2D eigenvalue weighted by atomic mass is 10.1. The van der Waals surface area contributed by atoms with E-state index >= 15 is 0 Å². The van der Waals surface area contributed by atoms with Crippen molar-refractivity contribution in [3.05, 3.63) is 24.2 Å². The van der Waals surface area contributed by atoms with E-state index in [1.807, 2.05) is 20.8 Å². The van der Waals surface area contributed by atoms with Crippen LogP contribution < -0.4 is 0 Å². The monoisotopic (exact) mass is 213 g/mol. The van der Waals surface area contributed by atoms with Crippen molar-refractivity contribution in [1.29, 1.82) is 0 Å². The summed E-state index contributed by atoms with van der Waals surface area (Å²) in [4.78, 5) is 0. The summed E-state index contributed by atoms with van der Waals surface area (Å²) >= 11 is -1.21. The zero-order chi connectivity index (χ0) is 10.6. The van der Waals surface area contributed by atoms with E-state index in [2.05, 4.69) is 4.40 Å². The van der Waals surface area contributed by atoms with Crippen molar-refractivity contribution in [3.8, 4) is 0 Å². The fourth-order valence-corrected chi connectivity index (χ4v) is 1.46. The lowest BCUT2D eigenvalue weighted by Gasteiger charge is -2.21. The smallest absolute Gasteiger partial charge is 0.149 e. The third kappa shape index (κ3) is 2.89. The van der Waals surface area contributed by atoms with Crippen LogP contribution in [0, 0.1) is 0 Å². The van der Waals surface area contributed by atoms with Crippen LogP contribution in [0.15, 0.2) is 27.2 Å². The van der Waals surface area contributed by atoms with E-state index in [1.165, 1.54) is 6.21 Å². The van der Waals surface area contributed by atoms with Crippen LogP contribution in [0.2, 0.25) is 0 Å². The van der Waals surface area contributed by atoms with E-state index in [0.717, 1.165) is 6.42 Å². The van der Waals surface area contributed by atoms with Crippen molar-refractivity contribution >= 4 is 17.6 Å². The summed E-state index contributed by atoms with van der Waals surface area (Å²) in [5.41, 5.74) is 0. The minimum absolute atomic E-state index is 0.275. The van der Waals surface area contributed by atoms with Crippen LogP contribution in [0.1, 0.15) is 33.0 Å². The van der Waals surface area contributed by atoms with Crippen molar-refractivity contribution < 1.29 is 8.97 Å². The Kier molecular flexibility index (Phi) is 3.77. The van der Waals surface area contributed by atoms with Crippen molar-refractivity contribution in [3.63, 3.8) is 0 Å². The van der Waals surface area contributed by atoms with Gasteiger partial charge >= 0.3 is 0 Å². The summed E-state index contributed by atoms with van der Waals surface area (Å²) in [5, 5.41) is 0. The van der Waals surface area contributed by atoms with Gasteiger partial charge in [-0.15, -0.1) is 0 Å². The summed E-state index contributed by atoms with van der Waals surface area (Å²) in [6.45, 7) is 5.87. The van der Waals surface area contributed by atoms with E-state index < -0.39 is 11.4 Å². The topological polar surface area (TPSA) is 48.6 Å². The van der Waals surface area contributed by atoms with Gasteiger partial charge in [-0.3, -0.25) is 0 Å². The number of furan rings is 1. The number of hydrogen-bond acceptors (Lipinski definition) is 3. The van der Waals surface area contributed by atoms with Gasteiger partial charge in [-0.25, -0.2) is 0 Å². The second kappa shape index (κ2) is 4.66. The second-order valence-electron chi connectivity index (χ2n) is 3.61. The van der Waals surface area contributed by atoms with Crippen molar-refractivity contribution in [2.24, 2.45) is 4.40 Å². The van der Waals surface area contributed by atoms with Gasteiger partial charge in [-0.05, 0) is 32.4 Å². The Morgan fingerprint density at radius 1 is 1.64 bits per heavy atom. The molecule has 0 aromatic carbocycles. The molecule has 0 saturated heterocycles. The van der Waals surface area contributed by atoms with Gasteiger partial charge in [0.05, 0.1) is 6.26 Å². The van der Waals surface area contributed by atoms with E-state index in [4.69, 9.17) is 4.42 Å². The summed E-state index contributed by atoms with van der Waals surface area (Å²) < 4.78 is 20.4. The quantitative estimate of drug-likeness (QED) is 0.570. The second-order valence-corrected chi connectivity index (χ2v) is 5.43. The number of rotatable bonds is 4. The molecule has 0 fully saturated rings. The molecule has 1 aromatic heterocycles. The standard InChI is InChI=1S/C10H15NO2S/c1-4-10(2,3)14(12)11-8-9-6-5-7-13-9/h5-8H,4H2,1-3H3/b11-8+. The SMILES string of the molecule is CCC(C)(C)[S+]([O-])/N=C/c1ccco1. The highest BCUT2D eigenvalue weighted by molar-refractivity contribution is 7.91. The van der Waals surface area contributed by atoms with Crippen LogP contribution in [0.25, 0.3) is 0 Å². The molecule has 14 heavy (non-hydrogen) atoms. The Balaban J connectivity index is 2.61. The number of nitrogens with zero attached hydrogens (tertiary/aromatic N) is 1. The van der Waals surface area contributed by atoms with Gasteiger partial charge in [0.1, 0.15) is 28.1 Å². The van der Waals surface area contributed by atoms with Crippen LogP contribution in [0.5, 0.6) is 0 Å². The molecule has 1 unspecified atom stereocenters. The first kappa shape index (κ1) is 11.3. The fraction of sp³-hybridized carbons (Fsp3) is 0.500. The minimum atomic E-state index is -1.21. The van der Waals surface area contributed by atoms with Gasteiger partial charge in [-0.2, -0.15) is 0 Å². The molecule has 1 rings (SSSR count). The Morgan fingerprint density at radius 2 is 2.36 bits per heavy atom. The molecule has 1 heterocycles. The maximum atomic E-state index is 11.7. The molecule has 1 atom stereocenters. The maximum Gasteiger partial charge on any atom is 0.149 e. The van der Waals surface area contributed by atoms with Gasteiger partial charge in [0, 0.05) is 0 Å². The van der Waals surface area contributed by atoms with Gasteiger partial charge in [0.2, 0.25) is 0 Å². The Labute approximate surface area is 87.5 Å². The molecular formula is C10H15NO2S. The molecule has 0 radical (unpaired) electrons. The molecule has 78 valence electrons. The third-order valence-electron chi connectivity index (χ3n) is 2.14. The molecule has 0 aliphatic carbocycles. The highest BCUT2D eigenvalue weighted by Gasteiger charge is 2.30. The van der Waals surface area contributed by atoms with E-state index in [9.17, 15) is 4.55 Å². The van der Waals surface area contributed by atoms with Gasteiger partial charge < -0.3 is 8.97 Å². The first-order valence-electron chi connectivity index (χ1n) is 4.56. The molecule has 0 saturated carbocycles. The molecule has 0 aliphatic heterocycles. The fourth-order valence-electron chi connectivity index (χ4n) is 0.731. The van der Waals surface area contributed by atoms with Crippen LogP contribution in [-0.4, -0.2) is 15.5 Å². The van der Waals surface area contributed by atoms with E-state index in [1.54, 1.807) is 18.4 Å². The predicted octanol–water partition coefficient (Wildman–Crippen LogP) is 2.55. The predicted molar refractivity (Wildman–Crippen MR) is 58.8 cm³/mol. The van der Waals surface area contributed by atoms with Crippen LogP contribution >= 0.6 is 0 Å². The Bertz CT molecular complexity index is 293. The summed E-state index contributed by atoms with van der Waals surface area (Å²) in [6.07, 6.45) is 3.90. The average molecular weight is 213 g/mol. The zero-order valence-corrected chi connectivity index (χ0v) is 9.50. The normalized spacial score (nSPS) is 14.9. The molecule has 1 aromatic rings. The van der Waals surface area contributed by atoms with Crippen LogP contribution in [0.3, 0.4) is 0 Å². The minimum Gasteiger partial charge on any atom is -0.591 e. The van der Waals surface area contributed by atoms with Crippen molar-refractivity contribution in [2.45, 2.75) is 31.9 Å². The highest BCUT2D eigenvalue weighted by Crippen LogP contribution is 2.21. The largest absolute Gasteiger partial charge is 0.591 e. The Hall–Kier alpha value is -0.740.